The van der Waals surface area contributed by atoms with E-state index in [0.717, 1.165) is 0 Å². The van der Waals surface area contributed by atoms with Gasteiger partial charge in [0.15, 0.2) is 0 Å². The first-order chi connectivity index (χ1) is 4.63. The van der Waals surface area contributed by atoms with Crippen LogP contribution in [0, 0.1) is 0 Å². The molecule has 0 unspecified atom stereocenters. The molecule has 0 aromatic carbocycles. The molecule has 1 heterocycles. The second-order valence-corrected chi connectivity index (χ2v) is 2.79. The van der Waals surface area contributed by atoms with Crippen molar-refractivity contribution in [2.75, 3.05) is 6.54 Å². The molecule has 0 aromatic heterocycles. The topological polar surface area (TPSA) is 69.6 Å². The average molecular weight is 166 g/mol. The van der Waals surface area contributed by atoms with Crippen LogP contribution < -0.4 is 5.32 Å². The van der Waals surface area contributed by atoms with Crippen molar-refractivity contribution < 1.29 is 15.0 Å². The van der Waals surface area contributed by atoms with Gasteiger partial charge < -0.3 is 15.5 Å². The van der Waals surface area contributed by atoms with E-state index in [2.05, 4.69) is 5.32 Å². The summed E-state index contributed by atoms with van der Waals surface area (Å²) in [6, 6.07) is -0.900. The van der Waals surface area contributed by atoms with E-state index in [1.165, 1.54) is 0 Å². The molecule has 1 rings (SSSR count). The lowest BCUT2D eigenvalue weighted by molar-refractivity contribution is -0.141. The standard InChI is InChI=1S/C5H8ClNO3/c6-2-1-7-3(4(2)8)5(9)10/h2-4,7-8H,1H2,(H,9,10)/t2-,3+,4+/m1/s1. The van der Waals surface area contributed by atoms with Crippen molar-refractivity contribution in [2.45, 2.75) is 17.5 Å². The molecule has 58 valence electrons. The van der Waals surface area contributed by atoms with Crippen LogP contribution in [0.5, 0.6) is 0 Å². The first-order valence-corrected chi connectivity index (χ1v) is 3.35. The van der Waals surface area contributed by atoms with Gasteiger partial charge in [0.05, 0.1) is 11.5 Å². The van der Waals surface area contributed by atoms with Crippen LogP contribution in [0.3, 0.4) is 0 Å². The summed E-state index contributed by atoms with van der Waals surface area (Å²) in [6.45, 7) is 0.347. The number of carboxylic acid groups (broad SMARTS) is 1. The third-order valence-electron chi connectivity index (χ3n) is 1.51. The highest BCUT2D eigenvalue weighted by Gasteiger charge is 2.37. The van der Waals surface area contributed by atoms with E-state index in [0.29, 0.717) is 6.54 Å². The number of aliphatic carboxylic acids is 1. The summed E-state index contributed by atoms with van der Waals surface area (Å²) in [5.74, 6) is -1.06. The van der Waals surface area contributed by atoms with Gasteiger partial charge in [0, 0.05) is 6.54 Å². The number of hydrogen-bond acceptors (Lipinski definition) is 3. The van der Waals surface area contributed by atoms with Crippen LogP contribution in [-0.4, -0.2) is 40.3 Å². The van der Waals surface area contributed by atoms with Crippen molar-refractivity contribution in [3.63, 3.8) is 0 Å². The fourth-order valence-electron chi connectivity index (χ4n) is 0.923. The maximum atomic E-state index is 10.3. The first kappa shape index (κ1) is 7.78. The Morgan fingerprint density at radius 1 is 1.70 bits per heavy atom. The predicted octanol–water partition coefficient (Wildman–Crippen LogP) is -0.989. The zero-order valence-electron chi connectivity index (χ0n) is 5.12. The van der Waals surface area contributed by atoms with E-state index in [1.807, 2.05) is 0 Å². The van der Waals surface area contributed by atoms with Gasteiger partial charge in [0.2, 0.25) is 0 Å². The molecule has 0 aliphatic carbocycles. The number of alkyl halides is 1. The highest BCUT2D eigenvalue weighted by Crippen LogP contribution is 2.13. The van der Waals surface area contributed by atoms with Gasteiger partial charge in [0.1, 0.15) is 6.04 Å². The molecule has 3 N–H and O–H groups in total. The first-order valence-electron chi connectivity index (χ1n) is 2.91. The minimum Gasteiger partial charge on any atom is -0.480 e. The number of aliphatic hydroxyl groups excluding tert-OH is 1. The van der Waals surface area contributed by atoms with E-state index in [-0.39, 0.29) is 0 Å². The molecule has 1 aliphatic heterocycles. The van der Waals surface area contributed by atoms with Crippen LogP contribution in [0.4, 0.5) is 0 Å². The molecule has 0 amide bonds. The smallest absolute Gasteiger partial charge is 0.323 e. The van der Waals surface area contributed by atoms with Crippen LogP contribution in [0.25, 0.3) is 0 Å². The van der Waals surface area contributed by atoms with E-state index in [4.69, 9.17) is 21.8 Å². The van der Waals surface area contributed by atoms with Crippen LogP contribution >= 0.6 is 11.6 Å². The van der Waals surface area contributed by atoms with Gasteiger partial charge in [0.25, 0.3) is 0 Å². The van der Waals surface area contributed by atoms with E-state index < -0.39 is 23.5 Å². The third-order valence-corrected chi connectivity index (χ3v) is 1.92. The molecular formula is C5H8ClNO3. The van der Waals surface area contributed by atoms with Gasteiger partial charge in [-0.3, -0.25) is 4.79 Å². The highest BCUT2D eigenvalue weighted by molar-refractivity contribution is 6.21. The molecule has 1 aliphatic rings. The summed E-state index contributed by atoms with van der Waals surface area (Å²) < 4.78 is 0. The van der Waals surface area contributed by atoms with Crippen molar-refractivity contribution in [1.82, 2.24) is 5.32 Å². The lowest BCUT2D eigenvalue weighted by Gasteiger charge is -2.09. The Labute approximate surface area is 62.8 Å². The Morgan fingerprint density at radius 3 is 2.50 bits per heavy atom. The Balaban J connectivity index is 2.57. The van der Waals surface area contributed by atoms with Gasteiger partial charge in [-0.2, -0.15) is 0 Å². The largest absolute Gasteiger partial charge is 0.480 e. The monoisotopic (exact) mass is 165 g/mol. The third kappa shape index (κ3) is 1.23. The van der Waals surface area contributed by atoms with Crippen molar-refractivity contribution >= 4 is 17.6 Å². The molecular weight excluding hydrogens is 158 g/mol. The van der Waals surface area contributed by atoms with E-state index in [1.54, 1.807) is 0 Å². The van der Waals surface area contributed by atoms with Gasteiger partial charge >= 0.3 is 5.97 Å². The molecule has 0 spiro atoms. The van der Waals surface area contributed by atoms with Crippen LogP contribution in [0.15, 0.2) is 0 Å². The van der Waals surface area contributed by atoms with Crippen LogP contribution in [-0.2, 0) is 4.79 Å². The van der Waals surface area contributed by atoms with Crippen molar-refractivity contribution in [2.24, 2.45) is 0 Å². The Morgan fingerprint density at radius 2 is 2.30 bits per heavy atom. The number of halogens is 1. The SMILES string of the molecule is O=C(O)[C@H]1NC[C@@H](Cl)[C@@H]1O. The molecule has 3 atom stereocenters. The molecule has 0 bridgehead atoms. The van der Waals surface area contributed by atoms with Crippen molar-refractivity contribution in [3.8, 4) is 0 Å². The number of hydrogen-bond donors (Lipinski definition) is 3. The van der Waals surface area contributed by atoms with Crippen molar-refractivity contribution in [3.05, 3.63) is 0 Å². The lowest BCUT2D eigenvalue weighted by atomic mass is 10.2. The predicted molar refractivity (Wildman–Crippen MR) is 35.1 cm³/mol. The zero-order chi connectivity index (χ0) is 7.72. The molecule has 5 heteroatoms. The molecule has 1 saturated heterocycles. The normalized spacial score (nSPS) is 40.0. The highest BCUT2D eigenvalue weighted by atomic mass is 35.5. The summed E-state index contributed by atoms with van der Waals surface area (Å²) in [6.07, 6.45) is -0.973. The van der Waals surface area contributed by atoms with Crippen molar-refractivity contribution in [1.29, 1.82) is 0 Å². The lowest BCUT2D eigenvalue weighted by Crippen LogP contribution is -2.39. The maximum Gasteiger partial charge on any atom is 0.323 e. The Hall–Kier alpha value is -0.320. The fraction of sp³-hybridized carbons (Fsp3) is 0.800. The molecule has 10 heavy (non-hydrogen) atoms. The summed E-state index contributed by atoms with van der Waals surface area (Å²) >= 11 is 5.53. The summed E-state index contributed by atoms with van der Waals surface area (Å²) in [7, 11) is 0. The number of nitrogens with one attached hydrogen (secondary N) is 1. The second-order valence-electron chi connectivity index (χ2n) is 2.23. The van der Waals surface area contributed by atoms with E-state index >= 15 is 0 Å². The van der Waals surface area contributed by atoms with Crippen LogP contribution in [0.1, 0.15) is 0 Å². The van der Waals surface area contributed by atoms with E-state index in [9.17, 15) is 4.79 Å². The number of carboxylic acids is 1. The molecule has 0 radical (unpaired) electrons. The summed E-state index contributed by atoms with van der Waals surface area (Å²) in [5.41, 5.74) is 0. The van der Waals surface area contributed by atoms with Gasteiger partial charge in [-0.1, -0.05) is 0 Å². The quantitative estimate of drug-likeness (QED) is 0.437. The van der Waals surface area contributed by atoms with Gasteiger partial charge in [-0.15, -0.1) is 11.6 Å². The molecule has 0 saturated carbocycles. The van der Waals surface area contributed by atoms with Crippen LogP contribution in [0.2, 0.25) is 0 Å². The minimum atomic E-state index is -1.06. The van der Waals surface area contributed by atoms with Gasteiger partial charge in [-0.25, -0.2) is 0 Å². The molecule has 0 aromatic rings. The molecule has 4 nitrogen and oxygen atoms in total. The summed E-state index contributed by atoms with van der Waals surface area (Å²) in [4.78, 5) is 10.3. The fourth-order valence-corrected chi connectivity index (χ4v) is 1.16. The molecule has 1 fully saturated rings. The Kier molecular flexibility index (Phi) is 2.13. The number of aliphatic hydroxyl groups is 1. The number of carbonyl (C=O) groups is 1. The number of rotatable bonds is 1. The maximum absolute atomic E-state index is 10.3. The summed E-state index contributed by atoms with van der Waals surface area (Å²) in [5, 5.41) is 19.6. The average Bonchev–Trinajstić information content (AvgIpc) is 2.14. The second kappa shape index (κ2) is 2.74. The minimum absolute atomic E-state index is 0.347. The zero-order valence-corrected chi connectivity index (χ0v) is 5.88. The van der Waals surface area contributed by atoms with Gasteiger partial charge in [-0.05, 0) is 0 Å². The Bertz CT molecular complexity index is 152.